The van der Waals surface area contributed by atoms with Crippen molar-refractivity contribution < 1.29 is 14.4 Å². The molecule has 1 atom stereocenters. The van der Waals surface area contributed by atoms with E-state index >= 15 is 0 Å². The Kier molecular flexibility index (Phi) is 3.32. The first kappa shape index (κ1) is 10.1. The highest BCUT2D eigenvalue weighted by atomic mass is 16.8. The molecule has 0 aromatic heterocycles. The van der Waals surface area contributed by atoms with Crippen LogP contribution in [0.3, 0.4) is 0 Å². The number of hydrogen-bond donors (Lipinski definition) is 1. The second-order valence-corrected chi connectivity index (χ2v) is 3.38. The van der Waals surface area contributed by atoms with Gasteiger partial charge in [-0.25, -0.2) is 4.84 Å². The molecule has 0 saturated carbocycles. The number of rotatable bonds is 3. The molecule has 1 aromatic rings. The summed E-state index contributed by atoms with van der Waals surface area (Å²) in [5.74, 6) is 0.182. The second kappa shape index (κ2) is 4.91. The van der Waals surface area contributed by atoms with Crippen LogP contribution in [-0.4, -0.2) is 18.7 Å². The number of carbonyl (C=O) groups excluding carboxylic acids is 1. The molecule has 2 rings (SSSR count). The van der Waals surface area contributed by atoms with Crippen molar-refractivity contribution in [1.29, 1.82) is 0 Å². The van der Waals surface area contributed by atoms with Crippen LogP contribution in [0.1, 0.15) is 12.8 Å². The zero-order valence-corrected chi connectivity index (χ0v) is 8.31. The third-order valence-electron chi connectivity index (χ3n) is 2.16. The Labute approximate surface area is 88.1 Å². The van der Waals surface area contributed by atoms with E-state index in [-0.39, 0.29) is 5.78 Å². The molecule has 15 heavy (non-hydrogen) atoms. The van der Waals surface area contributed by atoms with Crippen molar-refractivity contribution in [3.63, 3.8) is 0 Å². The van der Waals surface area contributed by atoms with E-state index in [4.69, 9.17) is 9.57 Å². The monoisotopic (exact) mass is 207 g/mol. The molecule has 1 heterocycles. The molecule has 1 N–H and O–H groups in total. The summed E-state index contributed by atoms with van der Waals surface area (Å²) in [5, 5.41) is 0. The maximum Gasteiger partial charge on any atom is 0.190 e. The quantitative estimate of drug-likeness (QED) is 0.767. The molecule has 0 amide bonds. The summed E-state index contributed by atoms with van der Waals surface area (Å²) in [7, 11) is 0. The smallest absolute Gasteiger partial charge is 0.190 e. The highest BCUT2D eigenvalue weighted by Crippen LogP contribution is 2.12. The standard InChI is InChI=1S/C11H13NO3/c13-10-6-7-14-11(8-10)15-12-9-4-2-1-3-5-9/h1-5,11-12H,6-8H2. The molecular weight excluding hydrogens is 194 g/mol. The van der Waals surface area contributed by atoms with Crippen molar-refractivity contribution in [3.05, 3.63) is 30.3 Å². The number of nitrogens with one attached hydrogen (secondary N) is 1. The predicted molar refractivity (Wildman–Crippen MR) is 55.1 cm³/mol. The average Bonchev–Trinajstić information content (AvgIpc) is 2.28. The van der Waals surface area contributed by atoms with E-state index < -0.39 is 6.29 Å². The minimum absolute atomic E-state index is 0.182. The summed E-state index contributed by atoms with van der Waals surface area (Å²) in [5.41, 5.74) is 3.60. The van der Waals surface area contributed by atoms with Crippen molar-refractivity contribution >= 4 is 11.5 Å². The summed E-state index contributed by atoms with van der Waals surface area (Å²) >= 11 is 0. The Hall–Kier alpha value is -1.39. The molecule has 1 unspecified atom stereocenters. The van der Waals surface area contributed by atoms with E-state index in [9.17, 15) is 4.79 Å². The van der Waals surface area contributed by atoms with Gasteiger partial charge in [-0.15, -0.1) is 0 Å². The molecule has 0 aliphatic carbocycles. The highest BCUT2D eigenvalue weighted by Gasteiger charge is 2.20. The van der Waals surface area contributed by atoms with E-state index in [0.717, 1.165) is 5.69 Å². The molecule has 4 nitrogen and oxygen atoms in total. The first-order valence-corrected chi connectivity index (χ1v) is 4.94. The Morgan fingerprint density at radius 1 is 1.33 bits per heavy atom. The lowest BCUT2D eigenvalue weighted by Crippen LogP contribution is -2.29. The number of carbonyl (C=O) groups is 1. The number of hydrogen-bond acceptors (Lipinski definition) is 4. The van der Waals surface area contributed by atoms with Crippen LogP contribution < -0.4 is 5.48 Å². The molecule has 0 bridgehead atoms. The fraction of sp³-hybridized carbons (Fsp3) is 0.364. The molecule has 1 aliphatic rings. The number of ether oxygens (including phenoxy) is 1. The predicted octanol–water partition coefficient (Wildman–Crippen LogP) is 1.74. The van der Waals surface area contributed by atoms with Crippen LogP contribution in [0.15, 0.2) is 30.3 Å². The number of para-hydroxylation sites is 1. The number of benzene rings is 1. The summed E-state index contributed by atoms with van der Waals surface area (Å²) in [4.78, 5) is 16.3. The number of ketones is 1. The number of anilines is 1. The fourth-order valence-corrected chi connectivity index (χ4v) is 1.37. The van der Waals surface area contributed by atoms with Gasteiger partial charge in [0.2, 0.25) is 0 Å². The zero-order valence-electron chi connectivity index (χ0n) is 8.31. The van der Waals surface area contributed by atoms with Crippen molar-refractivity contribution in [2.45, 2.75) is 19.1 Å². The van der Waals surface area contributed by atoms with Crippen LogP contribution in [0.5, 0.6) is 0 Å². The number of Topliss-reactive ketones (excluding diaryl/α,β-unsaturated/α-hetero) is 1. The van der Waals surface area contributed by atoms with Gasteiger partial charge in [0.25, 0.3) is 0 Å². The molecule has 1 saturated heterocycles. The van der Waals surface area contributed by atoms with Gasteiger partial charge < -0.3 is 4.74 Å². The van der Waals surface area contributed by atoms with Gasteiger partial charge in [0, 0.05) is 6.42 Å². The minimum Gasteiger partial charge on any atom is -0.349 e. The van der Waals surface area contributed by atoms with Gasteiger partial charge >= 0.3 is 0 Å². The normalized spacial score (nSPS) is 21.3. The van der Waals surface area contributed by atoms with Gasteiger partial charge in [-0.1, -0.05) is 18.2 Å². The average molecular weight is 207 g/mol. The first-order chi connectivity index (χ1) is 7.34. The van der Waals surface area contributed by atoms with E-state index in [1.807, 2.05) is 30.3 Å². The van der Waals surface area contributed by atoms with Gasteiger partial charge in [0.15, 0.2) is 6.29 Å². The third kappa shape index (κ3) is 3.04. The lowest BCUT2D eigenvalue weighted by Gasteiger charge is -2.21. The summed E-state index contributed by atoms with van der Waals surface area (Å²) in [6, 6.07) is 9.48. The van der Waals surface area contributed by atoms with Crippen LogP contribution in [-0.2, 0) is 14.4 Å². The molecule has 0 radical (unpaired) electrons. The van der Waals surface area contributed by atoms with Crippen LogP contribution >= 0.6 is 0 Å². The van der Waals surface area contributed by atoms with E-state index in [1.54, 1.807) is 0 Å². The van der Waals surface area contributed by atoms with Gasteiger partial charge in [0.1, 0.15) is 5.78 Å². The zero-order chi connectivity index (χ0) is 10.5. The van der Waals surface area contributed by atoms with Crippen LogP contribution in [0.4, 0.5) is 5.69 Å². The Balaban J connectivity index is 1.80. The summed E-state index contributed by atoms with van der Waals surface area (Å²) in [6.07, 6.45) is 0.344. The topological polar surface area (TPSA) is 47.6 Å². The van der Waals surface area contributed by atoms with Gasteiger partial charge in [-0.05, 0) is 12.1 Å². The molecular formula is C11H13NO3. The molecule has 1 aliphatic heterocycles. The SMILES string of the molecule is O=C1CCOC(ONc2ccccc2)C1. The van der Waals surface area contributed by atoms with Crippen molar-refractivity contribution in [2.24, 2.45) is 0 Å². The van der Waals surface area contributed by atoms with Crippen LogP contribution in [0.2, 0.25) is 0 Å². The van der Waals surface area contributed by atoms with E-state index in [0.29, 0.717) is 19.4 Å². The minimum atomic E-state index is -0.466. The summed E-state index contributed by atoms with van der Waals surface area (Å²) < 4.78 is 5.26. The largest absolute Gasteiger partial charge is 0.349 e. The van der Waals surface area contributed by atoms with Crippen LogP contribution in [0, 0.1) is 0 Å². The van der Waals surface area contributed by atoms with Gasteiger partial charge in [-0.2, -0.15) is 0 Å². The summed E-state index contributed by atoms with van der Waals surface area (Å²) in [6.45, 7) is 0.444. The molecule has 0 spiro atoms. The Morgan fingerprint density at radius 2 is 2.13 bits per heavy atom. The van der Waals surface area contributed by atoms with Crippen LogP contribution in [0.25, 0.3) is 0 Å². The van der Waals surface area contributed by atoms with Crippen molar-refractivity contribution in [1.82, 2.24) is 0 Å². The maximum absolute atomic E-state index is 11.1. The van der Waals surface area contributed by atoms with Gasteiger partial charge in [0.05, 0.1) is 18.7 Å². The third-order valence-corrected chi connectivity index (χ3v) is 2.16. The second-order valence-electron chi connectivity index (χ2n) is 3.38. The lowest BCUT2D eigenvalue weighted by atomic mass is 10.2. The Bertz CT molecular complexity index is 326. The first-order valence-electron chi connectivity index (χ1n) is 4.94. The lowest BCUT2D eigenvalue weighted by molar-refractivity contribution is -0.161. The van der Waals surface area contributed by atoms with Gasteiger partial charge in [-0.3, -0.25) is 10.3 Å². The van der Waals surface area contributed by atoms with E-state index in [2.05, 4.69) is 5.48 Å². The fourth-order valence-electron chi connectivity index (χ4n) is 1.37. The highest BCUT2D eigenvalue weighted by molar-refractivity contribution is 5.79. The van der Waals surface area contributed by atoms with Crippen molar-refractivity contribution in [2.75, 3.05) is 12.1 Å². The van der Waals surface area contributed by atoms with E-state index in [1.165, 1.54) is 0 Å². The molecule has 1 aromatic carbocycles. The molecule has 1 fully saturated rings. The maximum atomic E-state index is 11.1. The van der Waals surface area contributed by atoms with Crippen molar-refractivity contribution in [3.8, 4) is 0 Å². The molecule has 4 heteroatoms. The molecule has 80 valence electrons. The Morgan fingerprint density at radius 3 is 2.87 bits per heavy atom.